The number of pyridine rings is 2. The third kappa shape index (κ3) is 6.76. The van der Waals surface area contributed by atoms with Crippen LogP contribution < -0.4 is 16.4 Å². The van der Waals surface area contributed by atoms with Crippen molar-refractivity contribution in [3.05, 3.63) is 70.4 Å². The van der Waals surface area contributed by atoms with Gasteiger partial charge in [-0.3, -0.25) is 14.8 Å². The van der Waals surface area contributed by atoms with E-state index in [9.17, 15) is 9.59 Å². The second kappa shape index (κ2) is 11.2. The van der Waals surface area contributed by atoms with Crippen LogP contribution in [0.3, 0.4) is 0 Å². The first-order valence-electron chi connectivity index (χ1n) is 10.1. The van der Waals surface area contributed by atoms with Gasteiger partial charge < -0.3 is 26.2 Å². The molecule has 0 spiro atoms. The molecule has 3 rings (SSSR count). The number of likely N-dealkylation sites (N-methyl/N-ethyl adjacent to an activating group) is 1. The zero-order valence-corrected chi connectivity index (χ0v) is 18.9. The van der Waals surface area contributed by atoms with Crippen LogP contribution in [0.1, 0.15) is 21.7 Å². The molecular formula is C22H27N7O2S. The Kier molecular flexibility index (Phi) is 8.12. The number of carbonyl (C=O) groups is 2. The van der Waals surface area contributed by atoms with Crippen LogP contribution in [-0.4, -0.2) is 58.9 Å². The fourth-order valence-electron chi connectivity index (χ4n) is 2.82. The largest absolute Gasteiger partial charge is 0.396 e. The smallest absolute Gasteiger partial charge is 0.318 e. The van der Waals surface area contributed by atoms with E-state index >= 15 is 0 Å². The Morgan fingerprint density at radius 1 is 1.09 bits per heavy atom. The van der Waals surface area contributed by atoms with Gasteiger partial charge in [0.25, 0.3) is 5.91 Å². The molecule has 3 heterocycles. The summed E-state index contributed by atoms with van der Waals surface area (Å²) in [6.45, 7) is 1.98. The molecule has 0 saturated heterocycles. The Balaban J connectivity index is 1.62. The second-order valence-corrected chi connectivity index (χ2v) is 8.19. The molecule has 3 amide bonds. The molecule has 168 valence electrons. The van der Waals surface area contributed by atoms with Crippen LogP contribution in [0.25, 0.3) is 0 Å². The van der Waals surface area contributed by atoms with Crippen LogP contribution in [0.5, 0.6) is 0 Å². The minimum absolute atomic E-state index is 0.188. The minimum atomic E-state index is -0.334. The fraction of sp³-hybridized carbons (Fsp3) is 0.273. The topological polar surface area (TPSA) is 116 Å². The number of hydrogen-bond acceptors (Lipinski definition) is 7. The lowest BCUT2D eigenvalue weighted by Gasteiger charge is -2.24. The number of aromatic nitrogens is 2. The average molecular weight is 454 g/mol. The van der Waals surface area contributed by atoms with Crippen LogP contribution in [0.4, 0.5) is 16.2 Å². The zero-order chi connectivity index (χ0) is 22.9. The quantitative estimate of drug-likeness (QED) is 0.459. The lowest BCUT2D eigenvalue weighted by Crippen LogP contribution is -2.42. The molecule has 0 aliphatic carbocycles. The molecular weight excluding hydrogens is 426 g/mol. The summed E-state index contributed by atoms with van der Waals surface area (Å²) < 4.78 is 0. The van der Waals surface area contributed by atoms with Gasteiger partial charge in [-0.15, -0.1) is 11.3 Å². The van der Waals surface area contributed by atoms with Crippen molar-refractivity contribution in [1.29, 1.82) is 0 Å². The number of hydrogen-bond donors (Lipinski definition) is 3. The normalized spacial score (nSPS) is 10.7. The first-order valence-corrected chi connectivity index (χ1v) is 11.0. The highest BCUT2D eigenvalue weighted by molar-refractivity contribution is 7.09. The molecule has 0 saturated carbocycles. The summed E-state index contributed by atoms with van der Waals surface area (Å²) in [6.07, 6.45) is 3.31. The maximum atomic E-state index is 12.8. The van der Waals surface area contributed by atoms with Crippen molar-refractivity contribution in [3.8, 4) is 0 Å². The van der Waals surface area contributed by atoms with Crippen molar-refractivity contribution < 1.29 is 9.59 Å². The minimum Gasteiger partial charge on any atom is -0.396 e. The van der Waals surface area contributed by atoms with E-state index in [1.165, 1.54) is 11.3 Å². The summed E-state index contributed by atoms with van der Waals surface area (Å²) in [5.74, 6) is -0.334. The molecule has 3 aromatic rings. The number of anilines is 2. The molecule has 10 heteroatoms. The van der Waals surface area contributed by atoms with E-state index in [4.69, 9.17) is 5.73 Å². The summed E-state index contributed by atoms with van der Waals surface area (Å²) in [7, 11) is 3.92. The average Bonchev–Trinajstić information content (AvgIpc) is 3.20. The molecule has 0 fully saturated rings. The monoisotopic (exact) mass is 453 g/mol. The first kappa shape index (κ1) is 23.2. The Bertz CT molecular complexity index is 1020. The van der Waals surface area contributed by atoms with Crippen molar-refractivity contribution in [2.75, 3.05) is 38.2 Å². The molecule has 0 radical (unpaired) electrons. The number of amides is 3. The van der Waals surface area contributed by atoms with E-state index in [0.717, 1.165) is 11.3 Å². The van der Waals surface area contributed by atoms with Crippen molar-refractivity contribution in [3.63, 3.8) is 0 Å². The van der Waals surface area contributed by atoms with E-state index in [-0.39, 0.29) is 17.6 Å². The number of carbonyl (C=O) groups excluding carboxylic acids is 2. The number of urea groups is 1. The van der Waals surface area contributed by atoms with Gasteiger partial charge in [-0.2, -0.15) is 0 Å². The molecule has 0 atom stereocenters. The van der Waals surface area contributed by atoms with Gasteiger partial charge in [0, 0.05) is 42.8 Å². The van der Waals surface area contributed by atoms with Gasteiger partial charge in [-0.25, -0.2) is 4.79 Å². The molecule has 9 nitrogen and oxygen atoms in total. The second-order valence-electron chi connectivity index (χ2n) is 7.45. The number of nitrogens with two attached hydrogens (primary N) is 1. The van der Waals surface area contributed by atoms with Gasteiger partial charge in [0.05, 0.1) is 23.6 Å². The molecule has 32 heavy (non-hydrogen) atoms. The lowest BCUT2D eigenvalue weighted by molar-refractivity contribution is 0.102. The number of rotatable bonds is 9. The maximum absolute atomic E-state index is 12.8. The number of nitrogens with one attached hydrogen (secondary N) is 2. The van der Waals surface area contributed by atoms with Gasteiger partial charge in [0.2, 0.25) is 0 Å². The summed E-state index contributed by atoms with van der Waals surface area (Å²) in [5, 5.41) is 9.19. The van der Waals surface area contributed by atoms with Gasteiger partial charge in [0.15, 0.2) is 0 Å². The Morgan fingerprint density at radius 3 is 2.56 bits per heavy atom. The van der Waals surface area contributed by atoms with Crippen LogP contribution in [0, 0.1) is 0 Å². The van der Waals surface area contributed by atoms with E-state index in [1.54, 1.807) is 40.2 Å². The number of nitrogen functional groups attached to an aromatic ring is 1. The third-order valence-electron chi connectivity index (χ3n) is 4.62. The van der Waals surface area contributed by atoms with Crippen molar-refractivity contribution in [2.24, 2.45) is 0 Å². The molecule has 0 bridgehead atoms. The van der Waals surface area contributed by atoms with E-state index < -0.39 is 0 Å². The van der Waals surface area contributed by atoms with Crippen LogP contribution in [0.2, 0.25) is 0 Å². The predicted octanol–water partition coefficient (Wildman–Crippen LogP) is 2.65. The Morgan fingerprint density at radius 2 is 1.94 bits per heavy atom. The van der Waals surface area contributed by atoms with Gasteiger partial charge in [0.1, 0.15) is 5.69 Å². The molecule has 0 unspecified atom stereocenters. The van der Waals surface area contributed by atoms with E-state index in [2.05, 4.69) is 20.6 Å². The van der Waals surface area contributed by atoms with Crippen molar-refractivity contribution in [2.45, 2.75) is 13.1 Å². The standard InChI is InChI=1S/C22H27N7O2S/c1-28(2)9-10-29(22(31)26-12-17-5-3-4-8-24-17)13-16-6-7-19(25-11-16)21(30)27-20-15-32-14-18(20)23/h3-8,11,14-15H,9-10,12-13,23H2,1-2H3,(H,26,31)(H,27,30). The summed E-state index contributed by atoms with van der Waals surface area (Å²) in [6, 6.07) is 8.83. The first-order chi connectivity index (χ1) is 15.4. The SMILES string of the molecule is CN(C)CCN(Cc1ccc(C(=O)Nc2cscc2N)nc1)C(=O)NCc1ccccn1. The van der Waals surface area contributed by atoms with E-state index in [1.807, 2.05) is 37.2 Å². The van der Waals surface area contributed by atoms with Gasteiger partial charge >= 0.3 is 6.03 Å². The Labute approximate surface area is 191 Å². The van der Waals surface area contributed by atoms with Gasteiger partial charge in [-0.05, 0) is 37.9 Å². The molecule has 0 aromatic carbocycles. The molecule has 0 aliphatic heterocycles. The Hall–Kier alpha value is -3.50. The predicted molar refractivity (Wildman–Crippen MR) is 126 cm³/mol. The van der Waals surface area contributed by atoms with Crippen LogP contribution >= 0.6 is 11.3 Å². The van der Waals surface area contributed by atoms with Crippen LogP contribution in [-0.2, 0) is 13.1 Å². The van der Waals surface area contributed by atoms with Crippen LogP contribution in [0.15, 0.2) is 53.5 Å². The van der Waals surface area contributed by atoms with E-state index in [0.29, 0.717) is 37.6 Å². The zero-order valence-electron chi connectivity index (χ0n) is 18.1. The summed E-state index contributed by atoms with van der Waals surface area (Å²) in [5.41, 5.74) is 8.79. The van der Waals surface area contributed by atoms with Crippen molar-refractivity contribution in [1.82, 2.24) is 25.1 Å². The summed E-state index contributed by atoms with van der Waals surface area (Å²) in [4.78, 5) is 37.4. The van der Waals surface area contributed by atoms with Gasteiger partial charge in [-0.1, -0.05) is 12.1 Å². The number of thiophene rings is 1. The molecule has 0 aliphatic rings. The summed E-state index contributed by atoms with van der Waals surface area (Å²) >= 11 is 1.41. The highest BCUT2D eigenvalue weighted by Gasteiger charge is 2.16. The highest BCUT2D eigenvalue weighted by atomic mass is 32.1. The highest BCUT2D eigenvalue weighted by Crippen LogP contribution is 2.23. The third-order valence-corrected chi connectivity index (χ3v) is 5.38. The lowest BCUT2D eigenvalue weighted by atomic mass is 10.2. The van der Waals surface area contributed by atoms with Crippen molar-refractivity contribution >= 4 is 34.6 Å². The maximum Gasteiger partial charge on any atom is 0.318 e. The molecule has 3 aromatic heterocycles. The fourth-order valence-corrected chi connectivity index (χ4v) is 3.49. The molecule has 4 N–H and O–H groups in total. The number of nitrogens with zero attached hydrogens (tertiary/aromatic N) is 4.